The maximum atomic E-state index is 11.6. The zero-order valence-corrected chi connectivity index (χ0v) is 21.5. The molecule has 0 bridgehead atoms. The number of anilines is 1. The molecule has 1 aliphatic rings. The van der Waals surface area contributed by atoms with E-state index in [2.05, 4.69) is 4.90 Å². The number of aromatic nitrogens is 2. The zero-order chi connectivity index (χ0) is 26.2. The number of pyridine rings is 2. The fraction of sp³-hybridized carbons (Fsp3) is 0.258. The molecule has 7 heteroatoms. The number of esters is 1. The van der Waals surface area contributed by atoms with Crippen LogP contribution in [0.3, 0.4) is 0 Å². The lowest BCUT2D eigenvalue weighted by Gasteiger charge is -2.18. The second kappa shape index (κ2) is 12.2. The van der Waals surface area contributed by atoms with Crippen molar-refractivity contribution in [1.82, 2.24) is 9.97 Å². The first-order valence-electron chi connectivity index (χ1n) is 12.8. The topological polar surface area (TPSA) is 73.8 Å². The number of rotatable bonds is 10. The summed E-state index contributed by atoms with van der Waals surface area (Å²) in [5.41, 5.74) is 3.88. The molecule has 0 aliphatic carbocycles. The average molecular weight is 510 g/mol. The van der Waals surface area contributed by atoms with Crippen LogP contribution < -0.4 is 14.4 Å². The highest BCUT2D eigenvalue weighted by molar-refractivity contribution is 5.70. The van der Waals surface area contributed by atoms with E-state index in [4.69, 9.17) is 24.2 Å². The van der Waals surface area contributed by atoms with Crippen molar-refractivity contribution in [3.63, 3.8) is 0 Å². The number of hydrogen-bond donors (Lipinski definition) is 0. The molecule has 194 valence electrons. The van der Waals surface area contributed by atoms with Crippen LogP contribution >= 0.6 is 0 Å². The molecule has 3 heterocycles. The Morgan fingerprint density at radius 1 is 0.895 bits per heavy atom. The summed E-state index contributed by atoms with van der Waals surface area (Å²) in [6.45, 7) is 2.48. The van der Waals surface area contributed by atoms with Gasteiger partial charge in [-0.25, -0.2) is 4.98 Å². The van der Waals surface area contributed by atoms with Gasteiger partial charge in [0, 0.05) is 36.5 Å². The average Bonchev–Trinajstić information content (AvgIpc) is 3.44. The van der Waals surface area contributed by atoms with E-state index in [9.17, 15) is 4.79 Å². The third-order valence-corrected chi connectivity index (χ3v) is 6.63. The Kier molecular flexibility index (Phi) is 8.13. The van der Waals surface area contributed by atoms with Crippen LogP contribution in [0.2, 0.25) is 0 Å². The highest BCUT2D eigenvalue weighted by Crippen LogP contribution is 2.33. The van der Waals surface area contributed by atoms with Gasteiger partial charge < -0.3 is 19.1 Å². The van der Waals surface area contributed by atoms with Crippen LogP contribution in [-0.2, 0) is 22.7 Å². The van der Waals surface area contributed by atoms with Crippen LogP contribution in [0.15, 0.2) is 91.1 Å². The van der Waals surface area contributed by atoms with Crippen LogP contribution in [0.5, 0.6) is 11.8 Å². The first-order chi connectivity index (χ1) is 18.7. The largest absolute Gasteiger partial charge is 0.473 e. The Labute approximate surface area is 223 Å². The van der Waals surface area contributed by atoms with Gasteiger partial charge in [0.2, 0.25) is 11.8 Å². The Balaban J connectivity index is 1.32. The Morgan fingerprint density at radius 3 is 2.26 bits per heavy atom. The number of nitrogens with zero attached hydrogens (tertiary/aromatic N) is 3. The van der Waals surface area contributed by atoms with Crippen LogP contribution in [0.25, 0.3) is 11.1 Å². The molecule has 4 aromatic rings. The number of methoxy groups -OCH3 is 1. The molecule has 0 radical (unpaired) electrons. The molecule has 1 saturated heterocycles. The standard InChI is InChI=1S/C31H31N3O4/c1-36-30(35)18-25-16-17-34(20-25)28-14-12-26(19-32-28)27-13-15-29(37-21-23-8-4-2-5-9-23)33-31(27)38-22-24-10-6-3-7-11-24/h2-15,19,25H,16-18,20-22H2,1H3/t25-/m1/s1. The number of hydrogen-bond acceptors (Lipinski definition) is 7. The Morgan fingerprint density at radius 2 is 1.61 bits per heavy atom. The van der Waals surface area contributed by atoms with Crippen LogP contribution in [0, 0.1) is 5.92 Å². The fourth-order valence-electron chi connectivity index (χ4n) is 4.55. The van der Waals surface area contributed by atoms with Crippen LogP contribution in [0.1, 0.15) is 24.0 Å². The van der Waals surface area contributed by atoms with Crippen LogP contribution in [-0.4, -0.2) is 36.1 Å². The maximum Gasteiger partial charge on any atom is 0.305 e. The lowest BCUT2D eigenvalue weighted by molar-refractivity contribution is -0.141. The van der Waals surface area contributed by atoms with Crippen molar-refractivity contribution in [2.24, 2.45) is 5.92 Å². The molecule has 0 saturated carbocycles. The minimum atomic E-state index is -0.160. The first kappa shape index (κ1) is 25.3. The van der Waals surface area contributed by atoms with E-state index in [1.807, 2.05) is 91.1 Å². The molecule has 1 atom stereocenters. The van der Waals surface area contributed by atoms with E-state index in [0.29, 0.717) is 31.4 Å². The van der Waals surface area contributed by atoms with Gasteiger partial charge in [-0.1, -0.05) is 60.7 Å². The summed E-state index contributed by atoms with van der Waals surface area (Å²) in [7, 11) is 1.43. The van der Waals surface area contributed by atoms with Crippen molar-refractivity contribution in [3.8, 4) is 22.9 Å². The van der Waals surface area contributed by atoms with Crippen molar-refractivity contribution in [2.45, 2.75) is 26.1 Å². The third-order valence-electron chi connectivity index (χ3n) is 6.63. The molecule has 0 unspecified atom stereocenters. The van der Waals surface area contributed by atoms with Crippen molar-refractivity contribution in [2.75, 3.05) is 25.1 Å². The molecule has 1 fully saturated rings. The molecule has 38 heavy (non-hydrogen) atoms. The quantitative estimate of drug-likeness (QED) is 0.254. The maximum absolute atomic E-state index is 11.6. The predicted molar refractivity (Wildman–Crippen MR) is 146 cm³/mol. The lowest BCUT2D eigenvalue weighted by Crippen LogP contribution is -2.21. The predicted octanol–water partition coefficient (Wildman–Crippen LogP) is 5.69. The zero-order valence-electron chi connectivity index (χ0n) is 21.5. The van der Waals surface area contributed by atoms with Gasteiger partial charge in [-0.2, -0.15) is 4.98 Å². The Hall–Kier alpha value is -4.39. The minimum absolute atomic E-state index is 0.160. The van der Waals surface area contributed by atoms with Crippen molar-refractivity contribution in [3.05, 3.63) is 102 Å². The molecule has 5 rings (SSSR count). The van der Waals surface area contributed by atoms with E-state index < -0.39 is 0 Å². The molecule has 0 spiro atoms. The molecule has 1 aliphatic heterocycles. The summed E-state index contributed by atoms with van der Waals surface area (Å²) in [5.74, 6) is 2.01. The van der Waals surface area contributed by atoms with Crippen molar-refractivity contribution >= 4 is 11.8 Å². The van der Waals surface area contributed by atoms with E-state index in [1.165, 1.54) is 7.11 Å². The number of carbonyl (C=O) groups excluding carboxylic acids is 1. The highest BCUT2D eigenvalue weighted by Gasteiger charge is 2.26. The van der Waals surface area contributed by atoms with Gasteiger partial charge >= 0.3 is 5.97 Å². The monoisotopic (exact) mass is 509 g/mol. The Bertz CT molecular complexity index is 1330. The SMILES string of the molecule is COC(=O)C[C@H]1CCN(c2ccc(-c3ccc(OCc4ccccc4)nc3OCc3ccccc3)cn2)C1. The third kappa shape index (κ3) is 6.48. The summed E-state index contributed by atoms with van der Waals surface area (Å²) in [5, 5.41) is 0. The second-order valence-electron chi connectivity index (χ2n) is 9.34. The number of ether oxygens (including phenoxy) is 3. The fourth-order valence-corrected chi connectivity index (χ4v) is 4.55. The van der Waals surface area contributed by atoms with Gasteiger partial charge in [0.05, 0.1) is 13.5 Å². The summed E-state index contributed by atoms with van der Waals surface area (Å²) < 4.78 is 17.0. The molecule has 2 aromatic heterocycles. The van der Waals surface area contributed by atoms with E-state index >= 15 is 0 Å². The van der Waals surface area contributed by atoms with Gasteiger partial charge in [-0.05, 0) is 41.7 Å². The van der Waals surface area contributed by atoms with Crippen LogP contribution in [0.4, 0.5) is 5.82 Å². The lowest BCUT2D eigenvalue weighted by atomic mass is 10.1. The number of benzene rings is 2. The van der Waals surface area contributed by atoms with E-state index in [-0.39, 0.29) is 11.9 Å². The highest BCUT2D eigenvalue weighted by atomic mass is 16.5. The van der Waals surface area contributed by atoms with Gasteiger partial charge in [0.15, 0.2) is 0 Å². The smallest absolute Gasteiger partial charge is 0.305 e. The van der Waals surface area contributed by atoms with Gasteiger partial charge in [0.1, 0.15) is 19.0 Å². The van der Waals surface area contributed by atoms with E-state index in [1.54, 1.807) is 0 Å². The summed E-state index contributed by atoms with van der Waals surface area (Å²) in [4.78, 5) is 23.3. The summed E-state index contributed by atoms with van der Waals surface area (Å²) >= 11 is 0. The van der Waals surface area contributed by atoms with Gasteiger partial charge in [-0.3, -0.25) is 4.79 Å². The van der Waals surface area contributed by atoms with E-state index in [0.717, 1.165) is 47.6 Å². The van der Waals surface area contributed by atoms with Crippen molar-refractivity contribution < 1.29 is 19.0 Å². The first-order valence-corrected chi connectivity index (χ1v) is 12.8. The second-order valence-corrected chi connectivity index (χ2v) is 9.34. The molecule has 2 aromatic carbocycles. The van der Waals surface area contributed by atoms with Gasteiger partial charge in [-0.15, -0.1) is 0 Å². The molecule has 0 N–H and O–H groups in total. The summed E-state index contributed by atoms with van der Waals surface area (Å²) in [6.07, 6.45) is 3.24. The molecule has 7 nitrogen and oxygen atoms in total. The summed E-state index contributed by atoms with van der Waals surface area (Å²) in [6, 6.07) is 27.9. The normalized spacial score (nSPS) is 14.8. The molecular weight excluding hydrogens is 478 g/mol. The van der Waals surface area contributed by atoms with Gasteiger partial charge in [0.25, 0.3) is 0 Å². The molecular formula is C31H31N3O4. The minimum Gasteiger partial charge on any atom is -0.473 e. The molecule has 0 amide bonds. The number of carbonyl (C=O) groups is 1. The van der Waals surface area contributed by atoms with Crippen molar-refractivity contribution in [1.29, 1.82) is 0 Å².